The van der Waals surface area contributed by atoms with Gasteiger partial charge in [0.05, 0.1) is 4.90 Å². The monoisotopic (exact) mass is 330 g/mol. The first-order chi connectivity index (χ1) is 8.34. The van der Waals surface area contributed by atoms with Crippen molar-refractivity contribution in [1.82, 2.24) is 5.32 Å². The molecule has 0 heterocycles. The van der Waals surface area contributed by atoms with Gasteiger partial charge in [-0.15, -0.1) is 12.3 Å². The van der Waals surface area contributed by atoms with E-state index in [0.717, 1.165) is 0 Å². The number of carbonyl (C=O) groups excluding carboxylic acids is 1. The van der Waals surface area contributed by atoms with E-state index in [1.54, 1.807) is 0 Å². The molecule has 0 aliphatic carbocycles. The van der Waals surface area contributed by atoms with Crippen LogP contribution in [0.4, 0.5) is 0 Å². The summed E-state index contributed by atoms with van der Waals surface area (Å²) in [6.07, 6.45) is 5.46. The molecule has 0 aromatic heterocycles. The number of carbonyl (C=O) groups is 1. The highest BCUT2D eigenvalue weighted by molar-refractivity contribution is 9.10. The molecule has 0 bridgehead atoms. The predicted octanol–water partition coefficient (Wildman–Crippen LogP) is 0.850. The van der Waals surface area contributed by atoms with E-state index in [-0.39, 0.29) is 10.5 Å². The lowest BCUT2D eigenvalue weighted by Gasteiger charge is -2.06. The van der Waals surface area contributed by atoms with Crippen LogP contribution in [0.2, 0.25) is 0 Å². The highest BCUT2D eigenvalue weighted by Crippen LogP contribution is 2.18. The second-order valence-electron chi connectivity index (χ2n) is 3.43. The standard InChI is InChI=1S/C11H11BrN2O3S/c1-2-3-4-14-11(15)8-5-9(12)7-10(6-8)18(13,16)17/h1,5-7H,3-4H2,(H,14,15)(H2,13,16,17). The summed E-state index contributed by atoms with van der Waals surface area (Å²) in [7, 11) is -3.85. The minimum atomic E-state index is -3.85. The lowest BCUT2D eigenvalue weighted by Crippen LogP contribution is -2.24. The number of primary sulfonamides is 1. The molecule has 1 rings (SSSR count). The first-order valence-corrected chi connectivity index (χ1v) is 7.23. The second-order valence-corrected chi connectivity index (χ2v) is 5.91. The number of amides is 1. The van der Waals surface area contributed by atoms with Crippen molar-refractivity contribution < 1.29 is 13.2 Å². The van der Waals surface area contributed by atoms with Crippen LogP contribution in [-0.4, -0.2) is 20.9 Å². The van der Waals surface area contributed by atoms with Crippen LogP contribution in [0.25, 0.3) is 0 Å². The van der Waals surface area contributed by atoms with Crippen molar-refractivity contribution in [3.63, 3.8) is 0 Å². The largest absolute Gasteiger partial charge is 0.351 e. The van der Waals surface area contributed by atoms with Crippen molar-refractivity contribution in [2.75, 3.05) is 6.54 Å². The van der Waals surface area contributed by atoms with Gasteiger partial charge in [-0.1, -0.05) is 15.9 Å². The minimum Gasteiger partial charge on any atom is -0.351 e. The molecule has 3 N–H and O–H groups in total. The van der Waals surface area contributed by atoms with Gasteiger partial charge in [0.2, 0.25) is 10.0 Å². The van der Waals surface area contributed by atoms with E-state index in [1.165, 1.54) is 18.2 Å². The summed E-state index contributed by atoms with van der Waals surface area (Å²) in [5.41, 5.74) is 0.199. The van der Waals surface area contributed by atoms with Gasteiger partial charge in [0.1, 0.15) is 0 Å². The van der Waals surface area contributed by atoms with Crippen LogP contribution in [0.15, 0.2) is 27.6 Å². The second kappa shape index (κ2) is 6.00. The van der Waals surface area contributed by atoms with E-state index >= 15 is 0 Å². The van der Waals surface area contributed by atoms with Crippen LogP contribution < -0.4 is 10.5 Å². The normalized spacial score (nSPS) is 10.7. The molecule has 0 unspecified atom stereocenters. The molecule has 1 aromatic rings. The number of sulfonamides is 1. The van der Waals surface area contributed by atoms with Gasteiger partial charge in [0, 0.05) is 23.0 Å². The molecule has 0 saturated heterocycles. The fourth-order valence-electron chi connectivity index (χ4n) is 1.21. The minimum absolute atomic E-state index is 0.126. The maximum Gasteiger partial charge on any atom is 0.251 e. The quantitative estimate of drug-likeness (QED) is 0.633. The average molecular weight is 331 g/mol. The fraction of sp³-hybridized carbons (Fsp3) is 0.182. The third kappa shape index (κ3) is 4.14. The summed E-state index contributed by atoms with van der Waals surface area (Å²) >= 11 is 3.12. The van der Waals surface area contributed by atoms with E-state index in [9.17, 15) is 13.2 Å². The third-order valence-electron chi connectivity index (χ3n) is 2.02. The maximum atomic E-state index is 11.7. The molecular formula is C11H11BrN2O3S. The molecule has 7 heteroatoms. The molecule has 0 atom stereocenters. The van der Waals surface area contributed by atoms with E-state index in [0.29, 0.717) is 17.4 Å². The summed E-state index contributed by atoms with van der Waals surface area (Å²) < 4.78 is 22.9. The Balaban J connectivity index is 3.01. The Morgan fingerprint density at radius 1 is 1.44 bits per heavy atom. The maximum absolute atomic E-state index is 11.7. The van der Waals surface area contributed by atoms with Gasteiger partial charge in [-0.25, -0.2) is 13.6 Å². The molecule has 0 saturated carbocycles. The number of benzene rings is 1. The highest BCUT2D eigenvalue weighted by atomic mass is 79.9. The van der Waals surface area contributed by atoms with Crippen molar-refractivity contribution in [1.29, 1.82) is 0 Å². The van der Waals surface area contributed by atoms with E-state index in [2.05, 4.69) is 27.2 Å². The van der Waals surface area contributed by atoms with Gasteiger partial charge >= 0.3 is 0 Å². The fourth-order valence-corrected chi connectivity index (χ4v) is 2.44. The molecule has 18 heavy (non-hydrogen) atoms. The van der Waals surface area contributed by atoms with Crippen molar-refractivity contribution >= 4 is 31.9 Å². The average Bonchev–Trinajstić information content (AvgIpc) is 2.27. The van der Waals surface area contributed by atoms with Gasteiger partial charge in [-0.2, -0.15) is 0 Å². The van der Waals surface area contributed by atoms with Crippen LogP contribution in [0.1, 0.15) is 16.8 Å². The highest BCUT2D eigenvalue weighted by Gasteiger charge is 2.13. The molecule has 1 amide bonds. The SMILES string of the molecule is C#CCCNC(=O)c1cc(Br)cc(S(N)(=O)=O)c1. The summed E-state index contributed by atoms with van der Waals surface area (Å²) in [6, 6.07) is 4.04. The zero-order valence-corrected chi connectivity index (χ0v) is 11.7. The number of nitrogens with one attached hydrogen (secondary N) is 1. The van der Waals surface area contributed by atoms with Crippen molar-refractivity contribution in [2.24, 2.45) is 5.14 Å². The van der Waals surface area contributed by atoms with E-state index < -0.39 is 15.9 Å². The van der Waals surface area contributed by atoms with Crippen molar-refractivity contribution in [2.45, 2.75) is 11.3 Å². The predicted molar refractivity (Wildman–Crippen MR) is 71.3 cm³/mol. The van der Waals surface area contributed by atoms with Crippen LogP contribution >= 0.6 is 15.9 Å². The third-order valence-corrected chi connectivity index (χ3v) is 3.37. The van der Waals surface area contributed by atoms with Crippen LogP contribution in [-0.2, 0) is 10.0 Å². The molecule has 5 nitrogen and oxygen atoms in total. The van der Waals surface area contributed by atoms with E-state index in [4.69, 9.17) is 11.6 Å². The molecular weight excluding hydrogens is 320 g/mol. The zero-order chi connectivity index (χ0) is 13.8. The van der Waals surface area contributed by atoms with Gasteiger partial charge < -0.3 is 5.32 Å². The first kappa shape index (κ1) is 14.7. The Kier molecular flexibility index (Phi) is 4.90. The van der Waals surface area contributed by atoms with Crippen LogP contribution in [0.3, 0.4) is 0 Å². The van der Waals surface area contributed by atoms with Gasteiger partial charge in [-0.05, 0) is 18.2 Å². The summed E-state index contributed by atoms with van der Waals surface area (Å²) in [5.74, 6) is 1.98. The zero-order valence-electron chi connectivity index (χ0n) is 9.31. The van der Waals surface area contributed by atoms with Gasteiger partial charge in [0.15, 0.2) is 0 Å². The number of hydrogen-bond acceptors (Lipinski definition) is 3. The Morgan fingerprint density at radius 2 is 2.11 bits per heavy atom. The topological polar surface area (TPSA) is 89.3 Å². The molecule has 0 fully saturated rings. The smallest absolute Gasteiger partial charge is 0.251 e. The van der Waals surface area contributed by atoms with Crippen LogP contribution in [0.5, 0.6) is 0 Å². The lowest BCUT2D eigenvalue weighted by molar-refractivity contribution is 0.0954. The summed E-state index contributed by atoms with van der Waals surface area (Å²) in [4.78, 5) is 11.6. The Labute approximate surface area is 114 Å². The molecule has 96 valence electrons. The molecule has 1 aromatic carbocycles. The van der Waals surface area contributed by atoms with Gasteiger partial charge in [-0.3, -0.25) is 4.79 Å². The molecule has 0 radical (unpaired) electrons. The molecule has 0 aliphatic heterocycles. The number of terminal acetylenes is 1. The summed E-state index contributed by atoms with van der Waals surface area (Å²) in [6.45, 7) is 0.326. The number of nitrogens with two attached hydrogens (primary N) is 1. The Bertz CT molecular complexity index is 605. The number of halogens is 1. The van der Waals surface area contributed by atoms with Crippen LogP contribution in [0, 0.1) is 12.3 Å². The molecule has 0 aliphatic rings. The van der Waals surface area contributed by atoms with Crippen molar-refractivity contribution in [3.05, 3.63) is 28.2 Å². The molecule has 0 spiro atoms. The Morgan fingerprint density at radius 3 is 2.67 bits per heavy atom. The number of hydrogen-bond donors (Lipinski definition) is 2. The number of rotatable bonds is 4. The first-order valence-electron chi connectivity index (χ1n) is 4.89. The van der Waals surface area contributed by atoms with E-state index in [1.807, 2.05) is 0 Å². The Hall–Kier alpha value is -1.36. The lowest BCUT2D eigenvalue weighted by atomic mass is 10.2. The van der Waals surface area contributed by atoms with Gasteiger partial charge in [0.25, 0.3) is 5.91 Å². The van der Waals surface area contributed by atoms with Crippen molar-refractivity contribution in [3.8, 4) is 12.3 Å². The summed E-state index contributed by atoms with van der Waals surface area (Å²) in [5, 5.41) is 7.58.